The SMILES string of the molecule is O=C(CC1CCN(c2nc3c(F)cc(F)cc3s2)CC1)NC1CCOCC1. The number of carbonyl (C=O) groups excluding carboxylic acids is 1. The number of anilines is 1. The average molecular weight is 395 g/mol. The van der Waals surface area contributed by atoms with Crippen LogP contribution in [0.4, 0.5) is 13.9 Å². The number of hydrogen-bond acceptors (Lipinski definition) is 5. The molecule has 2 aliphatic rings. The van der Waals surface area contributed by atoms with E-state index >= 15 is 0 Å². The molecule has 2 saturated heterocycles. The highest BCUT2D eigenvalue weighted by Gasteiger charge is 2.25. The molecule has 0 radical (unpaired) electrons. The summed E-state index contributed by atoms with van der Waals surface area (Å²) >= 11 is 1.31. The van der Waals surface area contributed by atoms with E-state index in [0.29, 0.717) is 17.0 Å². The number of benzene rings is 1. The van der Waals surface area contributed by atoms with Crippen LogP contribution in [0.1, 0.15) is 32.1 Å². The lowest BCUT2D eigenvalue weighted by Crippen LogP contribution is -2.41. The Morgan fingerprint density at radius 1 is 1.22 bits per heavy atom. The molecule has 0 bridgehead atoms. The number of nitrogens with zero attached hydrogens (tertiary/aromatic N) is 2. The Morgan fingerprint density at radius 3 is 2.70 bits per heavy atom. The molecule has 5 nitrogen and oxygen atoms in total. The molecule has 1 aromatic heterocycles. The van der Waals surface area contributed by atoms with Gasteiger partial charge in [-0.2, -0.15) is 0 Å². The van der Waals surface area contributed by atoms with Crippen molar-refractivity contribution in [1.29, 1.82) is 0 Å². The van der Waals surface area contributed by atoms with Gasteiger partial charge in [0.1, 0.15) is 11.3 Å². The maximum absolute atomic E-state index is 13.9. The number of hydrogen-bond donors (Lipinski definition) is 1. The maximum Gasteiger partial charge on any atom is 0.220 e. The molecule has 2 aliphatic heterocycles. The summed E-state index contributed by atoms with van der Waals surface area (Å²) in [4.78, 5) is 18.7. The van der Waals surface area contributed by atoms with Crippen LogP contribution in [0, 0.1) is 17.6 Å². The van der Waals surface area contributed by atoms with Crippen molar-refractivity contribution in [2.45, 2.75) is 38.1 Å². The predicted octanol–water partition coefficient (Wildman–Crippen LogP) is 3.48. The van der Waals surface area contributed by atoms with Crippen LogP contribution < -0.4 is 10.2 Å². The molecular weight excluding hydrogens is 372 g/mol. The van der Waals surface area contributed by atoms with Crippen LogP contribution in [-0.4, -0.2) is 43.2 Å². The van der Waals surface area contributed by atoms with Gasteiger partial charge in [0.05, 0.1) is 4.70 Å². The Bertz CT molecular complexity index is 815. The van der Waals surface area contributed by atoms with E-state index in [1.54, 1.807) is 0 Å². The van der Waals surface area contributed by atoms with E-state index in [9.17, 15) is 13.6 Å². The van der Waals surface area contributed by atoms with E-state index in [4.69, 9.17) is 4.74 Å². The van der Waals surface area contributed by atoms with Crippen molar-refractivity contribution in [2.24, 2.45) is 5.92 Å². The number of piperidine rings is 1. The van der Waals surface area contributed by atoms with Crippen LogP contribution in [0.2, 0.25) is 0 Å². The molecule has 3 heterocycles. The number of halogens is 2. The molecule has 1 amide bonds. The van der Waals surface area contributed by atoms with Gasteiger partial charge in [-0.3, -0.25) is 4.79 Å². The summed E-state index contributed by atoms with van der Waals surface area (Å²) in [6, 6.07) is 2.44. The number of amides is 1. The minimum Gasteiger partial charge on any atom is -0.381 e. The summed E-state index contributed by atoms with van der Waals surface area (Å²) in [5.41, 5.74) is 0.231. The molecule has 27 heavy (non-hydrogen) atoms. The largest absolute Gasteiger partial charge is 0.381 e. The van der Waals surface area contributed by atoms with Crippen LogP contribution in [0.15, 0.2) is 12.1 Å². The van der Waals surface area contributed by atoms with Gasteiger partial charge in [0.2, 0.25) is 5.91 Å². The van der Waals surface area contributed by atoms with E-state index < -0.39 is 11.6 Å². The summed E-state index contributed by atoms with van der Waals surface area (Å²) in [6.07, 6.45) is 4.12. The summed E-state index contributed by atoms with van der Waals surface area (Å²) in [6.45, 7) is 2.99. The standard InChI is InChI=1S/C19H23F2N3O2S/c20-13-10-15(21)18-16(11-13)27-19(23-18)24-5-1-12(2-6-24)9-17(25)22-14-3-7-26-8-4-14/h10-12,14H,1-9H2,(H,22,25). The maximum atomic E-state index is 13.9. The Balaban J connectivity index is 1.31. The third-order valence-corrected chi connectivity index (χ3v) is 6.41. The third kappa shape index (κ3) is 4.38. The van der Waals surface area contributed by atoms with Gasteiger partial charge >= 0.3 is 0 Å². The lowest BCUT2D eigenvalue weighted by Gasteiger charge is -2.32. The molecule has 0 spiro atoms. The van der Waals surface area contributed by atoms with E-state index in [0.717, 1.165) is 63.2 Å². The number of nitrogens with one attached hydrogen (secondary N) is 1. The monoisotopic (exact) mass is 395 g/mol. The van der Waals surface area contributed by atoms with Crippen molar-refractivity contribution in [1.82, 2.24) is 10.3 Å². The minimum absolute atomic E-state index is 0.123. The van der Waals surface area contributed by atoms with Gasteiger partial charge in [-0.15, -0.1) is 0 Å². The highest BCUT2D eigenvalue weighted by Crippen LogP contribution is 2.33. The number of fused-ring (bicyclic) bond motifs is 1. The quantitative estimate of drug-likeness (QED) is 0.861. The Hall–Kier alpha value is -1.80. The van der Waals surface area contributed by atoms with Crippen molar-refractivity contribution in [3.05, 3.63) is 23.8 Å². The van der Waals surface area contributed by atoms with Crippen molar-refractivity contribution >= 4 is 32.6 Å². The summed E-state index contributed by atoms with van der Waals surface area (Å²) in [5.74, 6) is -0.723. The molecular formula is C19H23F2N3O2S. The number of rotatable bonds is 4. The van der Waals surface area contributed by atoms with Crippen molar-refractivity contribution < 1.29 is 18.3 Å². The smallest absolute Gasteiger partial charge is 0.220 e. The second-order valence-electron chi connectivity index (χ2n) is 7.32. The fourth-order valence-corrected chi connectivity index (χ4v) is 4.86. The highest BCUT2D eigenvalue weighted by atomic mass is 32.1. The lowest BCUT2D eigenvalue weighted by molar-refractivity contribution is -0.123. The molecule has 4 rings (SSSR count). The molecule has 1 N–H and O–H groups in total. The summed E-state index contributed by atoms with van der Waals surface area (Å²) in [5, 5.41) is 3.84. The number of thiazole rings is 1. The zero-order valence-corrected chi connectivity index (χ0v) is 15.9. The average Bonchev–Trinajstić information content (AvgIpc) is 3.07. The van der Waals surface area contributed by atoms with Crippen LogP contribution in [0.3, 0.4) is 0 Å². The molecule has 0 aliphatic carbocycles. The molecule has 0 atom stereocenters. The number of ether oxygens (including phenoxy) is 1. The Kier molecular flexibility index (Phi) is 5.54. The fraction of sp³-hybridized carbons (Fsp3) is 0.579. The highest BCUT2D eigenvalue weighted by molar-refractivity contribution is 7.22. The van der Waals surface area contributed by atoms with E-state index in [1.807, 2.05) is 0 Å². The first-order valence-corrected chi connectivity index (χ1v) is 10.3. The van der Waals surface area contributed by atoms with Gasteiger partial charge in [-0.05, 0) is 37.7 Å². The van der Waals surface area contributed by atoms with Crippen molar-refractivity contribution in [3.63, 3.8) is 0 Å². The van der Waals surface area contributed by atoms with Gasteiger partial charge in [0, 0.05) is 44.8 Å². The van der Waals surface area contributed by atoms with E-state index in [1.165, 1.54) is 17.4 Å². The number of aromatic nitrogens is 1. The van der Waals surface area contributed by atoms with Crippen LogP contribution in [0.5, 0.6) is 0 Å². The van der Waals surface area contributed by atoms with Gasteiger partial charge in [0.25, 0.3) is 0 Å². The molecule has 0 unspecified atom stereocenters. The first-order valence-electron chi connectivity index (χ1n) is 9.46. The number of carbonyl (C=O) groups is 1. The van der Waals surface area contributed by atoms with E-state index in [-0.39, 0.29) is 17.5 Å². The van der Waals surface area contributed by atoms with Crippen molar-refractivity contribution in [2.75, 3.05) is 31.2 Å². The molecule has 2 fully saturated rings. The minimum atomic E-state index is -0.618. The molecule has 146 valence electrons. The summed E-state index contributed by atoms with van der Waals surface area (Å²) < 4.78 is 33.1. The second-order valence-corrected chi connectivity index (χ2v) is 8.33. The Morgan fingerprint density at radius 2 is 1.96 bits per heavy atom. The normalized spacial score (nSPS) is 19.6. The molecule has 8 heteroatoms. The third-order valence-electron chi connectivity index (χ3n) is 5.35. The van der Waals surface area contributed by atoms with Gasteiger partial charge in [-0.25, -0.2) is 13.8 Å². The molecule has 0 saturated carbocycles. The van der Waals surface area contributed by atoms with Crippen molar-refractivity contribution in [3.8, 4) is 0 Å². The first kappa shape index (κ1) is 18.6. The van der Waals surface area contributed by atoms with Crippen LogP contribution in [-0.2, 0) is 9.53 Å². The van der Waals surface area contributed by atoms with Crippen LogP contribution in [0.25, 0.3) is 10.2 Å². The predicted molar refractivity (Wildman–Crippen MR) is 101 cm³/mol. The van der Waals surface area contributed by atoms with Gasteiger partial charge < -0.3 is 15.0 Å². The molecule has 1 aromatic carbocycles. The van der Waals surface area contributed by atoms with Gasteiger partial charge in [0.15, 0.2) is 10.9 Å². The van der Waals surface area contributed by atoms with Gasteiger partial charge in [-0.1, -0.05) is 11.3 Å². The lowest BCUT2D eigenvalue weighted by atomic mass is 9.93. The zero-order chi connectivity index (χ0) is 18.8. The Labute approximate surface area is 160 Å². The summed E-state index contributed by atoms with van der Waals surface area (Å²) in [7, 11) is 0. The zero-order valence-electron chi connectivity index (χ0n) is 15.0. The fourth-order valence-electron chi connectivity index (χ4n) is 3.80. The van der Waals surface area contributed by atoms with E-state index in [2.05, 4.69) is 15.2 Å². The first-order chi connectivity index (χ1) is 13.1. The topological polar surface area (TPSA) is 54.5 Å². The second kappa shape index (κ2) is 8.06. The molecule has 2 aromatic rings. The van der Waals surface area contributed by atoms with Crippen LogP contribution >= 0.6 is 11.3 Å².